The van der Waals surface area contributed by atoms with Crippen molar-refractivity contribution in [2.45, 2.75) is 12.5 Å². The molecule has 0 spiro atoms. The zero-order valence-corrected chi connectivity index (χ0v) is 20.3. The maximum absolute atomic E-state index is 14.7. The Morgan fingerprint density at radius 2 is 1.75 bits per heavy atom. The lowest BCUT2D eigenvalue weighted by atomic mass is 9.98. The minimum atomic E-state index is -0.724. The van der Waals surface area contributed by atoms with Crippen molar-refractivity contribution in [2.24, 2.45) is 5.10 Å². The standard InChI is InChI=1S/C27H24ClF2N3O3/c1-36-15-14-32(27(35)20-6-2-4-8-22(20)28)17-26(34)33-25(21-7-3-5-9-23(21)30)16-24(31-33)18-10-12-19(29)13-11-18/h2-13,25H,14-17H2,1H3/t25-/m0/s1. The van der Waals surface area contributed by atoms with Gasteiger partial charge in [-0.05, 0) is 35.9 Å². The number of rotatable bonds is 8. The summed E-state index contributed by atoms with van der Waals surface area (Å²) in [5, 5.41) is 5.95. The maximum Gasteiger partial charge on any atom is 0.262 e. The Hall–Kier alpha value is -3.62. The Morgan fingerprint density at radius 1 is 1.06 bits per heavy atom. The van der Waals surface area contributed by atoms with Gasteiger partial charge in [-0.25, -0.2) is 13.8 Å². The third kappa shape index (κ3) is 5.61. The lowest BCUT2D eigenvalue weighted by molar-refractivity contribution is -0.133. The van der Waals surface area contributed by atoms with Gasteiger partial charge in [0.25, 0.3) is 11.8 Å². The molecule has 3 aromatic carbocycles. The van der Waals surface area contributed by atoms with E-state index in [4.69, 9.17) is 16.3 Å². The molecule has 0 N–H and O–H groups in total. The van der Waals surface area contributed by atoms with Gasteiger partial charge >= 0.3 is 0 Å². The first-order valence-corrected chi connectivity index (χ1v) is 11.7. The van der Waals surface area contributed by atoms with Crippen LogP contribution < -0.4 is 0 Å². The van der Waals surface area contributed by atoms with Gasteiger partial charge in [-0.3, -0.25) is 9.59 Å². The molecular formula is C27H24ClF2N3O3. The third-order valence-electron chi connectivity index (χ3n) is 5.89. The van der Waals surface area contributed by atoms with Gasteiger partial charge in [0, 0.05) is 25.6 Å². The number of ether oxygens (including phenoxy) is 1. The highest BCUT2D eigenvalue weighted by molar-refractivity contribution is 6.33. The zero-order valence-electron chi connectivity index (χ0n) is 19.5. The summed E-state index contributed by atoms with van der Waals surface area (Å²) >= 11 is 6.22. The molecular weight excluding hydrogens is 488 g/mol. The normalized spacial score (nSPS) is 15.1. The third-order valence-corrected chi connectivity index (χ3v) is 6.22. The molecule has 186 valence electrons. The van der Waals surface area contributed by atoms with E-state index in [2.05, 4.69) is 5.10 Å². The van der Waals surface area contributed by atoms with Crippen LogP contribution in [-0.4, -0.2) is 54.2 Å². The molecule has 0 unspecified atom stereocenters. The zero-order chi connectivity index (χ0) is 25.7. The molecule has 0 saturated heterocycles. The van der Waals surface area contributed by atoms with Crippen LogP contribution in [0, 0.1) is 11.6 Å². The van der Waals surface area contributed by atoms with Crippen molar-refractivity contribution in [3.05, 3.63) is 106 Å². The lowest BCUT2D eigenvalue weighted by Crippen LogP contribution is -2.43. The van der Waals surface area contributed by atoms with Crippen molar-refractivity contribution in [2.75, 3.05) is 26.8 Å². The molecule has 0 aromatic heterocycles. The van der Waals surface area contributed by atoms with E-state index in [9.17, 15) is 18.4 Å². The molecule has 6 nitrogen and oxygen atoms in total. The fourth-order valence-corrected chi connectivity index (χ4v) is 4.26. The van der Waals surface area contributed by atoms with E-state index >= 15 is 0 Å². The number of hydrogen-bond donors (Lipinski definition) is 0. The van der Waals surface area contributed by atoms with E-state index in [-0.39, 0.29) is 36.7 Å². The van der Waals surface area contributed by atoms with E-state index in [0.29, 0.717) is 16.8 Å². The second-order valence-corrected chi connectivity index (χ2v) is 8.64. The number of hydrogen-bond acceptors (Lipinski definition) is 4. The molecule has 0 aliphatic carbocycles. The summed E-state index contributed by atoms with van der Waals surface area (Å²) in [5.74, 6) is -1.81. The van der Waals surface area contributed by atoms with Crippen LogP contribution in [0.2, 0.25) is 5.02 Å². The maximum atomic E-state index is 14.7. The largest absolute Gasteiger partial charge is 0.383 e. The van der Waals surface area contributed by atoms with Gasteiger partial charge in [0.15, 0.2) is 0 Å². The van der Waals surface area contributed by atoms with E-state index in [1.807, 2.05) is 0 Å². The number of hydrazone groups is 1. The van der Waals surface area contributed by atoms with Crippen LogP contribution >= 0.6 is 11.6 Å². The van der Waals surface area contributed by atoms with Gasteiger partial charge in [0.2, 0.25) is 0 Å². The monoisotopic (exact) mass is 511 g/mol. The summed E-state index contributed by atoms with van der Waals surface area (Å²) in [7, 11) is 1.49. The summed E-state index contributed by atoms with van der Waals surface area (Å²) in [5.41, 5.74) is 1.69. The SMILES string of the molecule is COCCN(CC(=O)N1N=C(c2ccc(F)cc2)C[C@H]1c1ccccc1F)C(=O)c1ccccc1Cl. The van der Waals surface area contributed by atoms with Gasteiger partial charge in [-0.2, -0.15) is 5.10 Å². The second-order valence-electron chi connectivity index (χ2n) is 8.23. The van der Waals surface area contributed by atoms with Crippen LogP contribution in [0.25, 0.3) is 0 Å². The van der Waals surface area contributed by atoms with Gasteiger partial charge in [0.05, 0.1) is 28.9 Å². The first kappa shape index (κ1) is 25.5. The van der Waals surface area contributed by atoms with Crippen molar-refractivity contribution < 1.29 is 23.1 Å². The van der Waals surface area contributed by atoms with Gasteiger partial charge in [-0.15, -0.1) is 0 Å². The lowest BCUT2D eigenvalue weighted by Gasteiger charge is -2.27. The minimum Gasteiger partial charge on any atom is -0.383 e. The number of methoxy groups -OCH3 is 1. The molecule has 2 amide bonds. The molecule has 1 aliphatic heterocycles. The first-order chi connectivity index (χ1) is 17.4. The molecule has 3 aromatic rings. The van der Waals surface area contributed by atoms with Crippen molar-refractivity contribution in [1.82, 2.24) is 9.91 Å². The first-order valence-electron chi connectivity index (χ1n) is 11.3. The highest BCUT2D eigenvalue weighted by Gasteiger charge is 2.36. The average Bonchev–Trinajstić information content (AvgIpc) is 3.32. The van der Waals surface area contributed by atoms with Gasteiger partial charge in [-0.1, -0.05) is 54.1 Å². The Bertz CT molecular complexity index is 1280. The van der Waals surface area contributed by atoms with E-state index in [1.54, 1.807) is 54.6 Å². The molecule has 0 saturated carbocycles. The minimum absolute atomic E-state index is 0.138. The smallest absolute Gasteiger partial charge is 0.262 e. The van der Waals surface area contributed by atoms with E-state index in [1.165, 1.54) is 35.2 Å². The summed E-state index contributed by atoms with van der Waals surface area (Å²) in [6, 6.07) is 17.7. The number of halogens is 3. The molecule has 0 radical (unpaired) electrons. The van der Waals surface area contributed by atoms with Crippen LogP contribution in [0.3, 0.4) is 0 Å². The van der Waals surface area contributed by atoms with Crippen LogP contribution in [0.4, 0.5) is 8.78 Å². The molecule has 0 bridgehead atoms. The fourth-order valence-electron chi connectivity index (χ4n) is 4.04. The number of amides is 2. The summed E-state index contributed by atoms with van der Waals surface area (Å²) in [6.07, 6.45) is 0.231. The molecule has 1 heterocycles. The van der Waals surface area contributed by atoms with Crippen LogP contribution in [0.5, 0.6) is 0 Å². The molecule has 9 heteroatoms. The number of nitrogens with zero attached hydrogens (tertiary/aromatic N) is 3. The number of carbonyl (C=O) groups is 2. The highest BCUT2D eigenvalue weighted by atomic mass is 35.5. The van der Waals surface area contributed by atoms with Crippen LogP contribution in [-0.2, 0) is 9.53 Å². The summed E-state index contributed by atoms with van der Waals surface area (Å²) in [6.45, 7) is 0.0158. The summed E-state index contributed by atoms with van der Waals surface area (Å²) < 4.78 is 33.3. The predicted molar refractivity (Wildman–Crippen MR) is 133 cm³/mol. The Labute approximate surface area is 212 Å². The Balaban J connectivity index is 1.65. The van der Waals surface area contributed by atoms with Gasteiger partial charge < -0.3 is 9.64 Å². The number of carbonyl (C=O) groups excluding carboxylic acids is 2. The molecule has 1 aliphatic rings. The van der Waals surface area contributed by atoms with Crippen molar-refractivity contribution in [3.8, 4) is 0 Å². The average molecular weight is 512 g/mol. The summed E-state index contributed by atoms with van der Waals surface area (Å²) in [4.78, 5) is 28.1. The van der Waals surface area contributed by atoms with Crippen LogP contribution in [0.15, 0.2) is 77.9 Å². The van der Waals surface area contributed by atoms with E-state index in [0.717, 1.165) is 0 Å². The molecule has 4 rings (SSSR count). The van der Waals surface area contributed by atoms with E-state index < -0.39 is 29.5 Å². The van der Waals surface area contributed by atoms with Crippen LogP contribution in [0.1, 0.15) is 33.9 Å². The Kier molecular flexibility index (Phi) is 8.07. The quantitative estimate of drug-likeness (QED) is 0.423. The molecule has 0 fully saturated rings. The topological polar surface area (TPSA) is 62.2 Å². The van der Waals surface area contributed by atoms with Crippen molar-refractivity contribution >= 4 is 29.1 Å². The Morgan fingerprint density at radius 3 is 2.44 bits per heavy atom. The predicted octanol–water partition coefficient (Wildman–Crippen LogP) is 5.08. The molecule has 36 heavy (non-hydrogen) atoms. The number of benzene rings is 3. The van der Waals surface area contributed by atoms with Crippen molar-refractivity contribution in [1.29, 1.82) is 0 Å². The highest BCUT2D eigenvalue weighted by Crippen LogP contribution is 2.34. The molecule has 1 atom stereocenters. The van der Waals surface area contributed by atoms with Gasteiger partial charge in [0.1, 0.15) is 18.2 Å². The fraction of sp³-hybridized carbons (Fsp3) is 0.222. The second kappa shape index (κ2) is 11.4. The van der Waals surface area contributed by atoms with Crippen molar-refractivity contribution in [3.63, 3.8) is 0 Å².